The van der Waals surface area contributed by atoms with Crippen LogP contribution in [0.25, 0.3) is 0 Å². The zero-order valence-electron chi connectivity index (χ0n) is 19.3. The third kappa shape index (κ3) is 12.1. The molecule has 0 unspecified atom stereocenters. The summed E-state index contributed by atoms with van der Waals surface area (Å²) >= 11 is 0. The van der Waals surface area contributed by atoms with Gasteiger partial charge in [0.15, 0.2) is 0 Å². The third-order valence-electron chi connectivity index (χ3n) is 5.80. The fraction of sp³-hybridized carbons (Fsp3) is 0.900. The maximum Gasteiger partial charge on any atom is 0.308 e. The van der Waals surface area contributed by atoms with E-state index < -0.39 is 20.2 Å². The van der Waals surface area contributed by atoms with Crippen LogP contribution in [0, 0.1) is 23.7 Å². The first kappa shape index (κ1) is 28.8. The van der Waals surface area contributed by atoms with Gasteiger partial charge in [-0.1, -0.05) is 0 Å². The van der Waals surface area contributed by atoms with Crippen molar-refractivity contribution >= 4 is 32.2 Å². The Balaban J connectivity index is 0.000000320. The average molecular weight is 501 g/mol. The second-order valence-corrected chi connectivity index (χ2v) is 11.7. The minimum absolute atomic E-state index is 0.0283. The third-order valence-corrected chi connectivity index (χ3v) is 6.93. The Morgan fingerprint density at radius 1 is 0.625 bits per heavy atom. The van der Waals surface area contributed by atoms with Crippen molar-refractivity contribution in [2.75, 3.05) is 39.9 Å². The lowest BCUT2D eigenvalue weighted by molar-refractivity contribution is -0.147. The van der Waals surface area contributed by atoms with Crippen molar-refractivity contribution in [3.63, 3.8) is 0 Å². The van der Waals surface area contributed by atoms with E-state index in [9.17, 15) is 26.4 Å². The van der Waals surface area contributed by atoms with Crippen LogP contribution < -0.4 is 0 Å². The first-order valence-electron chi connectivity index (χ1n) is 10.7. The lowest BCUT2D eigenvalue weighted by Crippen LogP contribution is -2.25. The first-order chi connectivity index (χ1) is 14.8. The molecule has 10 nitrogen and oxygen atoms in total. The normalized spacial score (nSPS) is 26.4. The number of hydrogen-bond donors (Lipinski definition) is 0. The summed E-state index contributed by atoms with van der Waals surface area (Å²) in [6.07, 6.45) is 8.37. The van der Waals surface area contributed by atoms with Gasteiger partial charge in [0.05, 0.1) is 51.8 Å². The van der Waals surface area contributed by atoms with E-state index in [1.54, 1.807) is 0 Å². The number of hydrogen-bond acceptors (Lipinski definition) is 10. The summed E-state index contributed by atoms with van der Waals surface area (Å²) in [6.45, 7) is 0.458. The number of carbonyl (C=O) groups excluding carboxylic acids is 2. The topological polar surface area (TPSA) is 139 Å². The quantitative estimate of drug-likeness (QED) is 0.358. The molecule has 2 aliphatic carbocycles. The molecule has 0 aromatic rings. The van der Waals surface area contributed by atoms with E-state index in [4.69, 9.17) is 8.37 Å². The van der Waals surface area contributed by atoms with Crippen molar-refractivity contribution in [3.05, 3.63) is 0 Å². The highest BCUT2D eigenvalue weighted by molar-refractivity contribution is 7.86. The molecule has 188 valence electrons. The van der Waals surface area contributed by atoms with E-state index in [0.29, 0.717) is 0 Å². The Morgan fingerprint density at radius 2 is 0.906 bits per heavy atom. The van der Waals surface area contributed by atoms with Crippen molar-refractivity contribution in [2.45, 2.75) is 51.4 Å². The summed E-state index contributed by atoms with van der Waals surface area (Å²) in [7, 11) is -3.92. The van der Waals surface area contributed by atoms with Gasteiger partial charge in [0.25, 0.3) is 20.2 Å². The number of methoxy groups -OCH3 is 2. The maximum atomic E-state index is 11.2. The van der Waals surface area contributed by atoms with Crippen molar-refractivity contribution in [1.29, 1.82) is 0 Å². The molecule has 2 saturated carbocycles. The highest BCUT2D eigenvalue weighted by atomic mass is 32.2. The van der Waals surface area contributed by atoms with Crippen LogP contribution in [0.1, 0.15) is 51.4 Å². The van der Waals surface area contributed by atoms with Crippen LogP contribution >= 0.6 is 0 Å². The molecule has 0 aromatic carbocycles. The average Bonchev–Trinajstić information content (AvgIpc) is 2.75. The van der Waals surface area contributed by atoms with Gasteiger partial charge in [-0.3, -0.25) is 18.0 Å². The Morgan fingerprint density at radius 3 is 1.12 bits per heavy atom. The zero-order valence-corrected chi connectivity index (χ0v) is 20.9. The molecule has 0 spiro atoms. The van der Waals surface area contributed by atoms with Gasteiger partial charge in [-0.2, -0.15) is 16.8 Å². The summed E-state index contributed by atoms with van der Waals surface area (Å²) in [4.78, 5) is 22.5. The molecule has 32 heavy (non-hydrogen) atoms. The Labute approximate surface area is 191 Å². The highest BCUT2D eigenvalue weighted by Gasteiger charge is 2.28. The van der Waals surface area contributed by atoms with Crippen LogP contribution in [-0.2, 0) is 47.7 Å². The summed E-state index contributed by atoms with van der Waals surface area (Å²) < 4.78 is 62.0. The molecule has 0 amide bonds. The fourth-order valence-electron chi connectivity index (χ4n) is 3.90. The molecule has 2 rings (SSSR count). The van der Waals surface area contributed by atoms with Gasteiger partial charge in [-0.05, 0) is 63.2 Å². The van der Waals surface area contributed by atoms with Crippen LogP contribution in [0.3, 0.4) is 0 Å². The standard InChI is InChI=1S/2C10H18O5S/c2*1-14-10(11)9-5-3-8(4-6-9)7-15-16(2,12)13/h2*8-9H,3-7H2,1-2H3. The van der Waals surface area contributed by atoms with Gasteiger partial charge in [0, 0.05) is 0 Å². The van der Waals surface area contributed by atoms with Crippen molar-refractivity contribution in [1.82, 2.24) is 0 Å². The van der Waals surface area contributed by atoms with Crippen LogP contribution in [0.5, 0.6) is 0 Å². The summed E-state index contributed by atoms with van der Waals surface area (Å²) in [5.41, 5.74) is 0. The van der Waals surface area contributed by atoms with E-state index in [1.165, 1.54) is 14.2 Å². The van der Waals surface area contributed by atoms with Gasteiger partial charge in [-0.25, -0.2) is 0 Å². The monoisotopic (exact) mass is 500 g/mol. The molecule has 0 aromatic heterocycles. The van der Waals surface area contributed by atoms with Crippen LogP contribution in [-0.4, -0.2) is 68.7 Å². The van der Waals surface area contributed by atoms with Gasteiger partial charge in [0.2, 0.25) is 0 Å². The molecular weight excluding hydrogens is 464 g/mol. The number of ether oxygens (including phenoxy) is 2. The predicted molar refractivity (Wildman–Crippen MR) is 117 cm³/mol. The summed E-state index contributed by atoms with van der Waals surface area (Å²) in [5.74, 6) is 0.0789. The number of esters is 2. The van der Waals surface area contributed by atoms with Crippen LogP contribution in [0.2, 0.25) is 0 Å². The highest BCUT2D eigenvalue weighted by Crippen LogP contribution is 2.30. The van der Waals surface area contributed by atoms with E-state index in [2.05, 4.69) is 9.47 Å². The molecule has 0 saturated heterocycles. The molecule has 0 radical (unpaired) electrons. The minimum Gasteiger partial charge on any atom is -0.469 e. The lowest BCUT2D eigenvalue weighted by Gasteiger charge is -2.26. The summed E-state index contributed by atoms with van der Waals surface area (Å²) in [6, 6.07) is 0. The Hall–Kier alpha value is -1.24. The SMILES string of the molecule is COC(=O)C1CCC(COS(C)(=O)=O)CC1.COC(=O)C1CCC(COS(C)(=O)=O)CC1. The molecule has 0 atom stereocenters. The van der Waals surface area contributed by atoms with Gasteiger partial charge in [-0.15, -0.1) is 0 Å². The molecule has 0 aliphatic heterocycles. The minimum atomic E-state index is -3.35. The zero-order chi connectivity index (χ0) is 24.4. The second-order valence-electron chi connectivity index (χ2n) is 8.46. The number of carbonyl (C=O) groups is 2. The van der Waals surface area contributed by atoms with Gasteiger partial charge < -0.3 is 9.47 Å². The van der Waals surface area contributed by atoms with Crippen molar-refractivity contribution < 1.29 is 44.3 Å². The molecule has 2 aliphatic rings. The Kier molecular flexibility index (Phi) is 12.1. The van der Waals surface area contributed by atoms with Crippen molar-refractivity contribution in [2.24, 2.45) is 23.7 Å². The molecule has 0 bridgehead atoms. The lowest BCUT2D eigenvalue weighted by atomic mass is 9.82. The molecule has 0 heterocycles. The molecule has 12 heteroatoms. The molecule has 0 N–H and O–H groups in total. The predicted octanol–water partition coefficient (Wildman–Crippen LogP) is 1.88. The van der Waals surface area contributed by atoms with Crippen LogP contribution in [0.15, 0.2) is 0 Å². The molecule has 2 fully saturated rings. The summed E-state index contributed by atoms with van der Waals surface area (Å²) in [5, 5.41) is 0. The van der Waals surface area contributed by atoms with Gasteiger partial charge >= 0.3 is 11.9 Å². The fourth-order valence-corrected chi connectivity index (χ4v) is 4.78. The largest absolute Gasteiger partial charge is 0.469 e. The van der Waals surface area contributed by atoms with E-state index in [0.717, 1.165) is 63.9 Å². The van der Waals surface area contributed by atoms with Crippen molar-refractivity contribution in [3.8, 4) is 0 Å². The second kappa shape index (κ2) is 13.5. The number of rotatable bonds is 8. The first-order valence-corrected chi connectivity index (χ1v) is 14.3. The van der Waals surface area contributed by atoms with Gasteiger partial charge in [0.1, 0.15) is 0 Å². The van der Waals surface area contributed by atoms with E-state index >= 15 is 0 Å². The van der Waals surface area contributed by atoms with E-state index in [-0.39, 0.29) is 48.8 Å². The molecular formula is C20H36O10S2. The maximum absolute atomic E-state index is 11.2. The van der Waals surface area contributed by atoms with E-state index in [1.807, 2.05) is 0 Å². The van der Waals surface area contributed by atoms with Crippen LogP contribution in [0.4, 0.5) is 0 Å². The Bertz CT molecular complexity index is 722. The smallest absolute Gasteiger partial charge is 0.308 e.